The number of ether oxygens (including phenoxy) is 1. The predicted molar refractivity (Wildman–Crippen MR) is 105 cm³/mol. The van der Waals surface area contributed by atoms with Crippen LogP contribution in [0.1, 0.15) is 52.5 Å². The van der Waals surface area contributed by atoms with Crippen LogP contribution in [0.4, 0.5) is 4.79 Å². The zero-order valence-electron chi connectivity index (χ0n) is 15.9. The molecule has 1 aliphatic heterocycles. The van der Waals surface area contributed by atoms with Crippen LogP contribution in [0.25, 0.3) is 0 Å². The number of alkyl carbamates (subject to hydrolysis) is 1. The van der Waals surface area contributed by atoms with Gasteiger partial charge in [-0.3, -0.25) is 14.5 Å². The van der Waals surface area contributed by atoms with Crippen molar-refractivity contribution >= 4 is 17.9 Å². The van der Waals surface area contributed by atoms with Gasteiger partial charge in [0.05, 0.1) is 11.1 Å². The molecular formula is C22H24N2O4. The summed E-state index contributed by atoms with van der Waals surface area (Å²) in [5.74, 6) is -0.451. The standard InChI is InChI=1S/C22H24N2O4/c1-16(23-22(27)28-15-17-10-3-2-4-11-17)9-7-8-14-24-20(25)18-12-5-6-13-19(18)21(24)26/h2-6,10-13,16H,7-9,14-15H2,1H3,(H,23,27). The van der Waals surface area contributed by atoms with E-state index in [9.17, 15) is 14.4 Å². The van der Waals surface area contributed by atoms with Gasteiger partial charge in [-0.15, -0.1) is 0 Å². The molecule has 1 atom stereocenters. The van der Waals surface area contributed by atoms with Gasteiger partial charge in [0.1, 0.15) is 6.61 Å². The lowest BCUT2D eigenvalue weighted by atomic mass is 10.1. The molecule has 146 valence electrons. The predicted octanol–water partition coefficient (Wildman–Crippen LogP) is 3.77. The van der Waals surface area contributed by atoms with Crippen LogP contribution in [0, 0.1) is 0 Å². The lowest BCUT2D eigenvalue weighted by Crippen LogP contribution is -2.33. The molecule has 0 fully saturated rings. The molecule has 1 heterocycles. The third-order valence-corrected chi connectivity index (χ3v) is 4.72. The molecule has 3 amide bonds. The topological polar surface area (TPSA) is 75.7 Å². The van der Waals surface area contributed by atoms with Crippen LogP contribution in [-0.4, -0.2) is 35.4 Å². The average Bonchev–Trinajstić information content (AvgIpc) is 2.95. The van der Waals surface area contributed by atoms with Crippen LogP contribution in [0.5, 0.6) is 0 Å². The summed E-state index contributed by atoms with van der Waals surface area (Å²) < 4.78 is 5.20. The van der Waals surface area contributed by atoms with E-state index in [1.807, 2.05) is 37.3 Å². The first-order chi connectivity index (χ1) is 13.6. The van der Waals surface area contributed by atoms with Gasteiger partial charge in [0.2, 0.25) is 0 Å². The normalized spacial score (nSPS) is 14.0. The van der Waals surface area contributed by atoms with E-state index < -0.39 is 6.09 Å². The van der Waals surface area contributed by atoms with Crippen molar-refractivity contribution < 1.29 is 19.1 Å². The third-order valence-electron chi connectivity index (χ3n) is 4.72. The van der Waals surface area contributed by atoms with Gasteiger partial charge in [-0.05, 0) is 43.9 Å². The summed E-state index contributed by atoms with van der Waals surface area (Å²) >= 11 is 0. The Morgan fingerprint density at radius 2 is 1.57 bits per heavy atom. The zero-order chi connectivity index (χ0) is 19.9. The second kappa shape index (κ2) is 9.17. The molecule has 0 saturated carbocycles. The van der Waals surface area contributed by atoms with E-state index in [4.69, 9.17) is 4.74 Å². The SMILES string of the molecule is CC(CCCCN1C(=O)c2ccccc2C1=O)NC(=O)OCc1ccccc1. The highest BCUT2D eigenvalue weighted by Gasteiger charge is 2.34. The van der Waals surface area contributed by atoms with Gasteiger partial charge in [0, 0.05) is 12.6 Å². The molecule has 2 aromatic carbocycles. The summed E-state index contributed by atoms with van der Waals surface area (Å²) in [6.07, 6.45) is 1.77. The number of hydrogen-bond acceptors (Lipinski definition) is 4. The van der Waals surface area contributed by atoms with E-state index >= 15 is 0 Å². The minimum atomic E-state index is -0.447. The van der Waals surface area contributed by atoms with E-state index in [0.717, 1.165) is 18.4 Å². The highest BCUT2D eigenvalue weighted by molar-refractivity contribution is 6.21. The fourth-order valence-corrected chi connectivity index (χ4v) is 3.20. The van der Waals surface area contributed by atoms with Crippen molar-refractivity contribution in [1.82, 2.24) is 10.2 Å². The van der Waals surface area contributed by atoms with Crippen LogP contribution in [0.3, 0.4) is 0 Å². The Hall–Kier alpha value is -3.15. The molecule has 3 rings (SSSR count). The summed E-state index contributed by atoms with van der Waals surface area (Å²) in [6, 6.07) is 16.3. The molecule has 6 heteroatoms. The number of nitrogens with zero attached hydrogens (tertiary/aromatic N) is 1. The van der Waals surface area contributed by atoms with Crippen molar-refractivity contribution in [3.63, 3.8) is 0 Å². The summed E-state index contributed by atoms with van der Waals surface area (Å²) in [5, 5.41) is 2.80. The summed E-state index contributed by atoms with van der Waals surface area (Å²) in [4.78, 5) is 37.8. The molecular weight excluding hydrogens is 356 g/mol. The van der Waals surface area contributed by atoms with Crippen LogP contribution in [0.2, 0.25) is 0 Å². The number of hydrogen-bond donors (Lipinski definition) is 1. The molecule has 2 aromatic rings. The highest BCUT2D eigenvalue weighted by atomic mass is 16.5. The Balaban J connectivity index is 1.34. The van der Waals surface area contributed by atoms with Gasteiger partial charge in [-0.2, -0.15) is 0 Å². The Morgan fingerprint density at radius 1 is 0.964 bits per heavy atom. The number of fused-ring (bicyclic) bond motifs is 1. The first-order valence-electron chi connectivity index (χ1n) is 9.48. The highest BCUT2D eigenvalue weighted by Crippen LogP contribution is 2.22. The monoisotopic (exact) mass is 380 g/mol. The van der Waals surface area contributed by atoms with Crippen molar-refractivity contribution in [2.45, 2.75) is 38.8 Å². The molecule has 0 saturated heterocycles. The summed E-state index contributed by atoms with van der Waals surface area (Å²) in [6.45, 7) is 2.53. The largest absolute Gasteiger partial charge is 0.445 e. The average molecular weight is 380 g/mol. The van der Waals surface area contributed by atoms with Crippen molar-refractivity contribution in [3.05, 3.63) is 71.3 Å². The number of imide groups is 1. The Bertz CT molecular complexity index is 816. The van der Waals surface area contributed by atoms with Gasteiger partial charge in [-0.1, -0.05) is 42.5 Å². The van der Waals surface area contributed by atoms with Crippen LogP contribution in [0.15, 0.2) is 54.6 Å². The van der Waals surface area contributed by atoms with Crippen LogP contribution >= 0.6 is 0 Å². The van der Waals surface area contributed by atoms with Crippen molar-refractivity contribution in [3.8, 4) is 0 Å². The van der Waals surface area contributed by atoms with Crippen molar-refractivity contribution in [1.29, 1.82) is 0 Å². The number of benzene rings is 2. The number of unbranched alkanes of at least 4 members (excludes halogenated alkanes) is 1. The Kier molecular flexibility index (Phi) is 6.42. The van der Waals surface area contributed by atoms with E-state index in [-0.39, 0.29) is 24.5 Å². The number of rotatable bonds is 8. The van der Waals surface area contributed by atoms with Crippen molar-refractivity contribution in [2.24, 2.45) is 0 Å². The smallest absolute Gasteiger partial charge is 0.407 e. The van der Waals surface area contributed by atoms with Gasteiger partial charge >= 0.3 is 6.09 Å². The second-order valence-electron chi connectivity index (χ2n) is 6.91. The van der Waals surface area contributed by atoms with E-state index in [1.54, 1.807) is 24.3 Å². The van der Waals surface area contributed by atoms with E-state index in [0.29, 0.717) is 24.1 Å². The maximum Gasteiger partial charge on any atom is 0.407 e. The van der Waals surface area contributed by atoms with Crippen molar-refractivity contribution in [2.75, 3.05) is 6.54 Å². The quantitative estimate of drug-likeness (QED) is 0.559. The minimum absolute atomic E-state index is 0.0505. The lowest BCUT2D eigenvalue weighted by Gasteiger charge is -2.16. The molecule has 0 bridgehead atoms. The molecule has 1 aliphatic rings. The molecule has 6 nitrogen and oxygen atoms in total. The maximum atomic E-state index is 12.3. The third kappa shape index (κ3) is 4.76. The Morgan fingerprint density at radius 3 is 2.21 bits per heavy atom. The molecule has 28 heavy (non-hydrogen) atoms. The fraction of sp³-hybridized carbons (Fsp3) is 0.318. The first kappa shape index (κ1) is 19.6. The zero-order valence-corrected chi connectivity index (χ0v) is 15.9. The molecule has 0 radical (unpaired) electrons. The number of carbonyl (C=O) groups excluding carboxylic acids is 3. The van der Waals surface area contributed by atoms with Gasteiger partial charge < -0.3 is 10.1 Å². The van der Waals surface area contributed by atoms with E-state index in [2.05, 4.69) is 5.32 Å². The van der Waals surface area contributed by atoms with Gasteiger partial charge in [0.25, 0.3) is 11.8 Å². The van der Waals surface area contributed by atoms with Crippen LogP contribution in [-0.2, 0) is 11.3 Å². The summed E-state index contributed by atoms with van der Waals surface area (Å²) in [7, 11) is 0. The number of carbonyl (C=O) groups is 3. The molecule has 1 N–H and O–H groups in total. The Labute approximate surface area is 164 Å². The van der Waals surface area contributed by atoms with Gasteiger partial charge in [0.15, 0.2) is 0 Å². The van der Waals surface area contributed by atoms with Gasteiger partial charge in [-0.25, -0.2) is 4.79 Å². The molecule has 1 unspecified atom stereocenters. The second-order valence-corrected chi connectivity index (χ2v) is 6.91. The lowest BCUT2D eigenvalue weighted by molar-refractivity contribution is 0.0651. The number of amides is 3. The molecule has 0 aliphatic carbocycles. The fourth-order valence-electron chi connectivity index (χ4n) is 3.20. The maximum absolute atomic E-state index is 12.3. The molecule has 0 aromatic heterocycles. The number of nitrogens with one attached hydrogen (secondary N) is 1. The minimum Gasteiger partial charge on any atom is -0.445 e. The summed E-state index contributed by atoms with van der Waals surface area (Å²) in [5.41, 5.74) is 1.89. The molecule has 0 spiro atoms. The van der Waals surface area contributed by atoms with Crippen LogP contribution < -0.4 is 5.32 Å². The van der Waals surface area contributed by atoms with E-state index in [1.165, 1.54) is 4.90 Å². The first-order valence-corrected chi connectivity index (χ1v) is 9.48.